The van der Waals surface area contributed by atoms with Gasteiger partial charge in [0.25, 0.3) is 0 Å². The summed E-state index contributed by atoms with van der Waals surface area (Å²) in [5.41, 5.74) is 16.1. The van der Waals surface area contributed by atoms with Crippen molar-refractivity contribution in [1.29, 1.82) is 0 Å². The number of unbranched alkanes of at least 4 members (excludes halogenated alkanes) is 1. The summed E-state index contributed by atoms with van der Waals surface area (Å²) >= 11 is 6.15. The van der Waals surface area contributed by atoms with Crippen LogP contribution < -0.4 is 20.9 Å². The number of ether oxygens (including phenoxy) is 2. The number of carbonyl (C=O) groups is 2. The molecule has 0 aromatic heterocycles. The fourth-order valence-electron chi connectivity index (χ4n) is 9.35. The van der Waals surface area contributed by atoms with E-state index in [0.29, 0.717) is 36.2 Å². The Bertz CT molecular complexity index is 2880. The smallest absolute Gasteiger partial charge is 0.338 e. The average molecular weight is 1100 g/mol. The van der Waals surface area contributed by atoms with E-state index in [1.165, 1.54) is 35.4 Å². The molecule has 6 N–H and O–H groups in total. The summed E-state index contributed by atoms with van der Waals surface area (Å²) in [5.74, 6) is 12.8. The Balaban J connectivity index is 0.000000229. The number of hydroxylamine groups is 4. The molecule has 2 aliphatic heterocycles. The van der Waals surface area contributed by atoms with E-state index < -0.39 is 12.1 Å². The summed E-state index contributed by atoms with van der Waals surface area (Å²) in [5, 5.41) is 20.1. The number of amides is 4. The number of urea groups is 2. The van der Waals surface area contributed by atoms with Gasteiger partial charge in [0.1, 0.15) is 29.7 Å². The first-order chi connectivity index (χ1) is 38.4. The second-order valence-corrected chi connectivity index (χ2v) is 19.5. The van der Waals surface area contributed by atoms with Crippen molar-refractivity contribution in [3.05, 3.63) is 202 Å². The summed E-state index contributed by atoms with van der Waals surface area (Å²) in [6.07, 6.45) is 2.61. The highest BCUT2D eigenvalue weighted by Gasteiger charge is 2.28. The van der Waals surface area contributed by atoms with Crippen LogP contribution in [0.3, 0.4) is 0 Å². The highest BCUT2D eigenvalue weighted by molar-refractivity contribution is 6.30. The van der Waals surface area contributed by atoms with Crippen LogP contribution in [0, 0.1) is 35.3 Å². The summed E-state index contributed by atoms with van der Waals surface area (Å²) in [6, 6.07) is 45.5. The first kappa shape index (κ1) is 59.2. The molecule has 2 saturated heterocycles. The standard InChI is InChI=1S/C32H36F2N4O3.C30H33ClN4O3/c33-28-12-8-26(9-13-28)31(27-10-14-29(34)15-11-27)37-22-20-36(21-23-37)18-3-4-24-41-30-16-6-25(7-17-30)5-1-2-19-38(40)32(35)39;31-27-13-11-26(12-14-27)29(25-7-2-1-3-8-25)34-20-18-33(19-21-34)22-23-38-28-15-9-24(10-16-28)6-4-5-17-35(37)30(32)36/h6-17,31,40H,2-4,18-24H2,(H2,35,39);1-3,7-16,29,37H,5,17-23H2,(H2,32,36)/t;29-/m.1/s1. The lowest BCUT2D eigenvalue weighted by atomic mass is 9.96. The van der Waals surface area contributed by atoms with E-state index in [9.17, 15) is 28.8 Å². The zero-order chi connectivity index (χ0) is 55.8. The van der Waals surface area contributed by atoms with Crippen LogP contribution in [0.25, 0.3) is 0 Å². The first-order valence-corrected chi connectivity index (χ1v) is 27.0. The van der Waals surface area contributed by atoms with Gasteiger partial charge in [-0.05, 0) is 127 Å². The molecule has 2 heterocycles. The van der Waals surface area contributed by atoms with Crippen molar-refractivity contribution in [1.82, 2.24) is 29.7 Å². The van der Waals surface area contributed by atoms with Crippen LogP contribution in [0.5, 0.6) is 11.5 Å². The van der Waals surface area contributed by atoms with Gasteiger partial charge in [0, 0.05) is 87.9 Å². The minimum absolute atomic E-state index is 0.0446. The Kier molecular flexibility index (Phi) is 23.3. The SMILES string of the molecule is NC(=O)N(O)CCC#Cc1ccc(OCCCCN2CCN(C(c3ccc(F)cc3)c3ccc(F)cc3)CC2)cc1.NC(=O)N(O)CCC#Cc1ccc(OCCN2CCN([C@H](c3ccccc3)c3ccc(Cl)cc3)CC2)cc1. The van der Waals surface area contributed by atoms with E-state index in [-0.39, 0.29) is 36.8 Å². The number of carbonyl (C=O) groups excluding carboxylic acids is 2. The largest absolute Gasteiger partial charge is 0.494 e. The molecule has 17 heteroatoms. The molecule has 2 fully saturated rings. The molecule has 4 amide bonds. The summed E-state index contributed by atoms with van der Waals surface area (Å²) < 4.78 is 39.0. The van der Waals surface area contributed by atoms with E-state index in [4.69, 9.17) is 32.5 Å². The van der Waals surface area contributed by atoms with E-state index in [1.807, 2.05) is 84.9 Å². The zero-order valence-electron chi connectivity index (χ0n) is 44.3. The van der Waals surface area contributed by atoms with Gasteiger partial charge in [0.15, 0.2) is 0 Å². The van der Waals surface area contributed by atoms with Crippen molar-refractivity contribution >= 4 is 23.7 Å². The number of primary amides is 2. The number of hydrogen-bond donors (Lipinski definition) is 4. The number of benzene rings is 6. The van der Waals surface area contributed by atoms with E-state index in [2.05, 4.69) is 85.7 Å². The molecule has 0 radical (unpaired) electrons. The van der Waals surface area contributed by atoms with Crippen molar-refractivity contribution in [2.24, 2.45) is 11.5 Å². The average Bonchev–Trinajstić information content (AvgIpc) is 3.47. The van der Waals surface area contributed by atoms with Crippen molar-refractivity contribution in [2.45, 2.75) is 37.8 Å². The molecular formula is C62H69ClF2N8O6. The van der Waals surface area contributed by atoms with Gasteiger partial charge in [0.05, 0.1) is 31.8 Å². The van der Waals surface area contributed by atoms with Crippen molar-refractivity contribution in [3.63, 3.8) is 0 Å². The monoisotopic (exact) mass is 1090 g/mol. The number of hydrogen-bond acceptors (Lipinski definition) is 10. The summed E-state index contributed by atoms with van der Waals surface area (Å²) in [7, 11) is 0. The maximum atomic E-state index is 13.6. The Hall–Kier alpha value is -7.51. The molecule has 0 unspecified atom stereocenters. The van der Waals surface area contributed by atoms with Gasteiger partial charge in [-0.2, -0.15) is 0 Å². The number of halogens is 3. The molecule has 0 spiro atoms. The number of nitrogens with two attached hydrogens (primary N) is 2. The van der Waals surface area contributed by atoms with Gasteiger partial charge in [-0.15, -0.1) is 0 Å². The Morgan fingerprint density at radius 3 is 1.34 bits per heavy atom. The van der Waals surface area contributed by atoms with Crippen LogP contribution in [-0.2, 0) is 0 Å². The number of piperazine rings is 2. The molecule has 0 aliphatic carbocycles. The van der Waals surface area contributed by atoms with Crippen molar-refractivity contribution in [3.8, 4) is 35.2 Å². The lowest BCUT2D eigenvalue weighted by Gasteiger charge is -2.40. The topological polar surface area (TPSA) is 165 Å². The predicted octanol–water partition coefficient (Wildman–Crippen LogP) is 9.68. The molecule has 1 atom stereocenters. The quantitative estimate of drug-likeness (QED) is 0.0251. The molecule has 14 nitrogen and oxygen atoms in total. The lowest BCUT2D eigenvalue weighted by Crippen LogP contribution is -2.48. The second kappa shape index (κ2) is 31.2. The highest BCUT2D eigenvalue weighted by atomic mass is 35.5. The van der Waals surface area contributed by atoms with Crippen LogP contribution in [0.1, 0.15) is 71.1 Å². The van der Waals surface area contributed by atoms with Crippen LogP contribution in [0.4, 0.5) is 18.4 Å². The van der Waals surface area contributed by atoms with Gasteiger partial charge < -0.3 is 25.8 Å². The molecular weight excluding hydrogens is 1030 g/mol. The van der Waals surface area contributed by atoms with E-state index >= 15 is 0 Å². The predicted molar refractivity (Wildman–Crippen MR) is 303 cm³/mol. The van der Waals surface area contributed by atoms with Gasteiger partial charge in [0.2, 0.25) is 0 Å². The van der Waals surface area contributed by atoms with Crippen molar-refractivity contribution < 1.29 is 38.3 Å². The second-order valence-electron chi connectivity index (χ2n) is 19.1. The molecule has 6 aromatic carbocycles. The Morgan fingerprint density at radius 2 is 0.911 bits per heavy atom. The number of nitrogens with zero attached hydrogens (tertiary/aromatic N) is 6. The third-order valence-corrected chi connectivity index (χ3v) is 13.9. The van der Waals surface area contributed by atoms with Gasteiger partial charge in [-0.3, -0.25) is 25.1 Å². The Morgan fingerprint density at radius 1 is 0.519 bits per heavy atom. The van der Waals surface area contributed by atoms with E-state index in [1.54, 1.807) is 0 Å². The molecule has 6 aromatic rings. The minimum Gasteiger partial charge on any atom is -0.494 e. The minimum atomic E-state index is -0.897. The van der Waals surface area contributed by atoms with Crippen LogP contribution in [0.2, 0.25) is 5.02 Å². The van der Waals surface area contributed by atoms with Gasteiger partial charge in [-0.1, -0.05) is 102 Å². The maximum Gasteiger partial charge on any atom is 0.338 e. The molecule has 79 heavy (non-hydrogen) atoms. The molecule has 0 bridgehead atoms. The van der Waals surface area contributed by atoms with Crippen LogP contribution in [0.15, 0.2) is 152 Å². The van der Waals surface area contributed by atoms with E-state index in [0.717, 1.165) is 117 Å². The fraction of sp³-hybridized carbons (Fsp3) is 0.323. The summed E-state index contributed by atoms with van der Waals surface area (Å²) in [4.78, 5) is 31.4. The molecule has 414 valence electrons. The van der Waals surface area contributed by atoms with Gasteiger partial charge >= 0.3 is 12.1 Å². The van der Waals surface area contributed by atoms with Crippen LogP contribution >= 0.6 is 11.6 Å². The molecule has 8 rings (SSSR count). The summed E-state index contributed by atoms with van der Waals surface area (Å²) in [6.45, 7) is 10.8. The zero-order valence-corrected chi connectivity index (χ0v) is 45.1. The third kappa shape index (κ3) is 19.4. The number of rotatable bonds is 20. The van der Waals surface area contributed by atoms with Crippen molar-refractivity contribution in [2.75, 3.05) is 91.8 Å². The first-order valence-electron chi connectivity index (χ1n) is 26.6. The maximum absolute atomic E-state index is 13.6. The fourth-order valence-corrected chi connectivity index (χ4v) is 9.48. The Labute approximate surface area is 467 Å². The van der Waals surface area contributed by atoms with Gasteiger partial charge in [-0.25, -0.2) is 28.5 Å². The normalized spacial score (nSPS) is 14.4. The highest BCUT2D eigenvalue weighted by Crippen LogP contribution is 2.32. The van der Waals surface area contributed by atoms with Crippen LogP contribution in [-0.4, -0.2) is 144 Å². The molecule has 2 aliphatic rings. The lowest BCUT2D eigenvalue weighted by molar-refractivity contribution is -0.0373. The third-order valence-electron chi connectivity index (χ3n) is 13.6. The molecule has 0 saturated carbocycles.